The molecule has 1 aromatic heterocycles. The summed E-state index contributed by atoms with van der Waals surface area (Å²) in [6, 6.07) is 13.2. The van der Waals surface area contributed by atoms with Gasteiger partial charge in [-0.25, -0.2) is 0 Å². The van der Waals surface area contributed by atoms with Crippen molar-refractivity contribution < 1.29 is 9.36 Å². The molecule has 0 saturated heterocycles. The molecule has 0 aliphatic carbocycles. The van der Waals surface area contributed by atoms with Crippen molar-refractivity contribution in [2.45, 2.75) is 6.54 Å². The van der Waals surface area contributed by atoms with Crippen LogP contribution in [0.1, 0.15) is 10.4 Å². The van der Waals surface area contributed by atoms with E-state index in [-0.39, 0.29) is 5.78 Å². The maximum atomic E-state index is 12.3. The Hall–Kier alpha value is -2.74. The molecule has 0 N–H and O–H groups in total. The lowest BCUT2D eigenvalue weighted by molar-refractivity contribution is -0.696. The van der Waals surface area contributed by atoms with E-state index in [0.29, 0.717) is 12.1 Å². The molecule has 2 nitrogen and oxygen atoms in total. The van der Waals surface area contributed by atoms with Crippen LogP contribution < -0.4 is 15.1 Å². The molecule has 0 bridgehead atoms. The molecule has 104 valence electrons. The van der Waals surface area contributed by atoms with Crippen LogP contribution in [0.3, 0.4) is 0 Å². The third-order valence-electron chi connectivity index (χ3n) is 3.13. The highest BCUT2D eigenvalue weighted by Crippen LogP contribution is 1.99. The molecule has 2 rings (SSSR count). The predicted octanol–water partition coefficient (Wildman–Crippen LogP) is 1.79. The Labute approximate surface area is 124 Å². The van der Waals surface area contributed by atoms with Crippen LogP contribution in [0.4, 0.5) is 0 Å². The minimum Gasteiger partial charge on any atom is -0.287 e. The summed E-state index contributed by atoms with van der Waals surface area (Å²) in [6.45, 7) is 7.76. The van der Waals surface area contributed by atoms with Gasteiger partial charge in [0.1, 0.15) is 0 Å². The molecule has 0 unspecified atom stereocenters. The second-order valence-electron chi connectivity index (χ2n) is 4.57. The second-order valence-corrected chi connectivity index (χ2v) is 4.57. The van der Waals surface area contributed by atoms with Crippen molar-refractivity contribution in [3.8, 4) is 0 Å². The fourth-order valence-electron chi connectivity index (χ4n) is 2.16. The monoisotopic (exact) mass is 276 g/mol. The van der Waals surface area contributed by atoms with E-state index in [2.05, 4.69) is 13.2 Å². The van der Waals surface area contributed by atoms with Gasteiger partial charge in [-0.05, 0) is 12.1 Å². The summed E-state index contributed by atoms with van der Waals surface area (Å²) >= 11 is 0. The SMILES string of the molecule is C=C/C=c1/ccc[n+](CC(=O)c2ccccc2)/c1=C/C=C. The lowest BCUT2D eigenvalue weighted by Gasteiger charge is -1.99. The number of hydrogen-bond acceptors (Lipinski definition) is 1. The zero-order valence-electron chi connectivity index (χ0n) is 11.9. The summed E-state index contributed by atoms with van der Waals surface area (Å²) in [4.78, 5) is 12.3. The van der Waals surface area contributed by atoms with Crippen LogP contribution in [0.25, 0.3) is 12.2 Å². The number of benzene rings is 1. The first-order valence-corrected chi connectivity index (χ1v) is 6.78. The molecule has 0 aliphatic rings. The molecule has 0 saturated carbocycles. The Morgan fingerprint density at radius 3 is 2.38 bits per heavy atom. The normalized spacial score (nSPS) is 12.2. The van der Waals surface area contributed by atoms with Crippen LogP contribution in [-0.2, 0) is 6.54 Å². The number of pyridine rings is 1. The van der Waals surface area contributed by atoms with Crippen molar-refractivity contribution >= 4 is 17.9 Å². The van der Waals surface area contributed by atoms with Crippen molar-refractivity contribution in [3.63, 3.8) is 0 Å². The summed E-state index contributed by atoms with van der Waals surface area (Å²) in [6.07, 6.45) is 9.17. The average Bonchev–Trinajstić information content (AvgIpc) is 2.51. The van der Waals surface area contributed by atoms with Crippen LogP contribution in [-0.4, -0.2) is 5.78 Å². The van der Waals surface area contributed by atoms with Gasteiger partial charge in [-0.3, -0.25) is 4.79 Å². The van der Waals surface area contributed by atoms with Gasteiger partial charge < -0.3 is 0 Å². The van der Waals surface area contributed by atoms with Gasteiger partial charge in [0.25, 0.3) is 0 Å². The Bertz CT molecular complexity index is 773. The maximum Gasteiger partial charge on any atom is 0.227 e. The molecule has 2 heteroatoms. The molecule has 0 spiro atoms. The Morgan fingerprint density at radius 2 is 1.71 bits per heavy atom. The van der Waals surface area contributed by atoms with Crippen LogP contribution in [0, 0.1) is 0 Å². The first kappa shape index (κ1) is 14.7. The number of ketones is 1. The summed E-state index contributed by atoms with van der Waals surface area (Å²) in [5.41, 5.74) is 0.715. The molecule has 0 fully saturated rings. The lowest BCUT2D eigenvalue weighted by atomic mass is 10.1. The molecule has 1 aromatic carbocycles. The van der Waals surface area contributed by atoms with Crippen molar-refractivity contribution in [1.29, 1.82) is 0 Å². The van der Waals surface area contributed by atoms with Crippen molar-refractivity contribution in [2.75, 3.05) is 0 Å². The fourth-order valence-corrected chi connectivity index (χ4v) is 2.16. The first-order chi connectivity index (χ1) is 10.3. The minimum atomic E-state index is 0.0788. The quantitative estimate of drug-likeness (QED) is 0.602. The largest absolute Gasteiger partial charge is 0.287 e. The Kier molecular flexibility index (Phi) is 4.99. The predicted molar refractivity (Wildman–Crippen MR) is 86.0 cm³/mol. The number of allylic oxidation sites excluding steroid dienone is 2. The number of aromatic nitrogens is 1. The van der Waals surface area contributed by atoms with Gasteiger partial charge in [0.2, 0.25) is 17.7 Å². The van der Waals surface area contributed by atoms with E-state index in [1.165, 1.54) is 0 Å². The van der Waals surface area contributed by atoms with Crippen molar-refractivity contribution in [2.24, 2.45) is 0 Å². The summed E-state index contributed by atoms with van der Waals surface area (Å²) < 4.78 is 1.92. The van der Waals surface area contributed by atoms with E-state index in [1.54, 1.807) is 12.2 Å². The van der Waals surface area contributed by atoms with Crippen molar-refractivity contribution in [1.82, 2.24) is 0 Å². The zero-order chi connectivity index (χ0) is 15.1. The Balaban J connectivity index is 2.46. The standard InChI is InChI=1S/C19H18NO/c1-3-9-16-13-8-14-20(18(16)10-4-2)15-19(21)17-11-6-5-7-12-17/h3-14H,1-2,15H2/q+1/b16-9-,18-10+. The molecule has 0 atom stereocenters. The molecular formula is C19H18NO+. The fraction of sp³-hybridized carbons (Fsp3) is 0.0526. The highest BCUT2D eigenvalue weighted by Gasteiger charge is 2.13. The van der Waals surface area contributed by atoms with E-state index < -0.39 is 0 Å². The number of Topliss-reactive ketones (excluding diaryl/α,β-unsaturated/α-hetero) is 1. The van der Waals surface area contributed by atoms with E-state index >= 15 is 0 Å². The van der Waals surface area contributed by atoms with Gasteiger partial charge in [-0.1, -0.05) is 55.6 Å². The number of hydrogen-bond donors (Lipinski definition) is 0. The van der Waals surface area contributed by atoms with Gasteiger partial charge in [0, 0.05) is 22.9 Å². The molecule has 2 aromatic rings. The summed E-state index contributed by atoms with van der Waals surface area (Å²) in [5, 5.41) is 1.95. The van der Waals surface area contributed by atoms with Gasteiger partial charge in [0.15, 0.2) is 6.20 Å². The van der Waals surface area contributed by atoms with Crippen LogP contribution in [0.2, 0.25) is 0 Å². The number of carbonyl (C=O) groups is 1. The molecule has 0 radical (unpaired) electrons. The third kappa shape index (κ3) is 3.63. The molecule has 1 heterocycles. The van der Waals surface area contributed by atoms with E-state index in [1.807, 2.05) is 65.4 Å². The summed E-state index contributed by atoms with van der Waals surface area (Å²) in [5.74, 6) is 0.0788. The van der Waals surface area contributed by atoms with Crippen molar-refractivity contribution in [3.05, 3.63) is 90.1 Å². The number of carbonyl (C=O) groups excluding carboxylic acids is 1. The topological polar surface area (TPSA) is 20.9 Å². The molecular weight excluding hydrogens is 258 g/mol. The highest BCUT2D eigenvalue weighted by atomic mass is 16.1. The zero-order valence-corrected chi connectivity index (χ0v) is 11.9. The maximum absolute atomic E-state index is 12.3. The van der Waals surface area contributed by atoms with Gasteiger partial charge in [0.05, 0.1) is 0 Å². The van der Waals surface area contributed by atoms with Gasteiger partial charge >= 0.3 is 0 Å². The molecule has 0 amide bonds. The smallest absolute Gasteiger partial charge is 0.227 e. The summed E-state index contributed by atoms with van der Waals surface area (Å²) in [7, 11) is 0. The van der Waals surface area contributed by atoms with Gasteiger partial charge in [-0.15, -0.1) is 0 Å². The third-order valence-corrected chi connectivity index (χ3v) is 3.13. The van der Waals surface area contributed by atoms with Crippen LogP contribution >= 0.6 is 0 Å². The van der Waals surface area contributed by atoms with E-state index in [9.17, 15) is 4.79 Å². The molecule has 21 heavy (non-hydrogen) atoms. The number of nitrogens with zero attached hydrogens (tertiary/aromatic N) is 1. The highest BCUT2D eigenvalue weighted by molar-refractivity contribution is 5.94. The van der Waals surface area contributed by atoms with E-state index in [0.717, 1.165) is 10.6 Å². The van der Waals surface area contributed by atoms with E-state index in [4.69, 9.17) is 0 Å². The lowest BCUT2D eigenvalue weighted by Crippen LogP contribution is -2.58. The minimum absolute atomic E-state index is 0.0788. The number of rotatable bonds is 5. The second kappa shape index (κ2) is 7.15. The van der Waals surface area contributed by atoms with Crippen LogP contribution in [0.15, 0.2) is 74.0 Å². The molecule has 0 aliphatic heterocycles. The Morgan fingerprint density at radius 1 is 1.00 bits per heavy atom. The van der Waals surface area contributed by atoms with Crippen LogP contribution in [0.5, 0.6) is 0 Å². The van der Waals surface area contributed by atoms with Gasteiger partial charge in [-0.2, -0.15) is 4.57 Å². The average molecular weight is 276 g/mol. The first-order valence-electron chi connectivity index (χ1n) is 6.78.